The lowest BCUT2D eigenvalue weighted by atomic mass is 9.79. The van der Waals surface area contributed by atoms with Gasteiger partial charge in [-0.15, -0.1) is 0 Å². The molecule has 0 spiro atoms. The van der Waals surface area contributed by atoms with Crippen LogP contribution in [-0.4, -0.2) is 25.2 Å². The van der Waals surface area contributed by atoms with Gasteiger partial charge in [-0.25, -0.2) is 0 Å². The van der Waals surface area contributed by atoms with Crippen molar-refractivity contribution in [2.24, 2.45) is 23.7 Å². The Balaban J connectivity index is 5.12. The molecule has 0 fully saturated rings. The van der Waals surface area contributed by atoms with Crippen LogP contribution in [0.5, 0.6) is 0 Å². The zero-order valence-corrected chi connectivity index (χ0v) is 13.1. The highest BCUT2D eigenvalue weighted by Crippen LogP contribution is 2.29. The van der Waals surface area contributed by atoms with E-state index in [0.29, 0.717) is 25.6 Å². The fourth-order valence-electron chi connectivity index (χ4n) is 2.29. The topological polar surface area (TPSA) is 52.6 Å². The average Bonchev–Trinajstić information content (AvgIpc) is 2.27. The normalized spacial score (nSPS) is 14.3. The summed E-state index contributed by atoms with van der Waals surface area (Å²) in [6, 6.07) is 0. The Morgan fingerprint density at radius 3 is 1.74 bits per heavy atom. The van der Waals surface area contributed by atoms with Crippen molar-refractivity contribution >= 4 is 11.9 Å². The summed E-state index contributed by atoms with van der Waals surface area (Å²) >= 11 is 0. The summed E-state index contributed by atoms with van der Waals surface area (Å²) in [5, 5.41) is 0. The van der Waals surface area contributed by atoms with E-state index >= 15 is 0 Å². The number of carbonyl (C=O) groups excluding carboxylic acids is 2. The maximum Gasteiger partial charge on any atom is 0.310 e. The van der Waals surface area contributed by atoms with E-state index in [-0.39, 0.29) is 17.9 Å². The van der Waals surface area contributed by atoms with Crippen LogP contribution in [0.2, 0.25) is 0 Å². The predicted octanol–water partition coefficient (Wildman–Crippen LogP) is 3.05. The van der Waals surface area contributed by atoms with Crippen LogP contribution in [0.1, 0.15) is 48.0 Å². The van der Waals surface area contributed by atoms with Crippen LogP contribution < -0.4 is 0 Å². The molecule has 0 radical (unpaired) electrons. The molecule has 0 bridgehead atoms. The maximum atomic E-state index is 12.1. The molecule has 4 heteroatoms. The van der Waals surface area contributed by atoms with Crippen molar-refractivity contribution in [2.45, 2.75) is 48.0 Å². The van der Waals surface area contributed by atoms with E-state index in [1.54, 1.807) is 13.8 Å². The van der Waals surface area contributed by atoms with Crippen molar-refractivity contribution in [1.82, 2.24) is 0 Å². The molecule has 4 nitrogen and oxygen atoms in total. The Bertz CT molecular complexity index is 284. The number of hydrogen-bond donors (Lipinski definition) is 0. The molecule has 19 heavy (non-hydrogen) atoms. The second-order valence-electron chi connectivity index (χ2n) is 5.51. The monoisotopic (exact) mass is 272 g/mol. The van der Waals surface area contributed by atoms with Gasteiger partial charge in [0.25, 0.3) is 0 Å². The summed E-state index contributed by atoms with van der Waals surface area (Å²) in [6.07, 6.45) is 0.639. The van der Waals surface area contributed by atoms with Crippen molar-refractivity contribution in [1.29, 1.82) is 0 Å². The van der Waals surface area contributed by atoms with Crippen LogP contribution in [0.25, 0.3) is 0 Å². The van der Waals surface area contributed by atoms with Gasteiger partial charge in [-0.05, 0) is 32.1 Å². The number of rotatable bonds is 8. The number of carbonyl (C=O) groups is 2. The molecule has 112 valence electrons. The van der Waals surface area contributed by atoms with Gasteiger partial charge in [-0.2, -0.15) is 0 Å². The third-order valence-corrected chi connectivity index (χ3v) is 3.03. The molecule has 0 heterocycles. The van der Waals surface area contributed by atoms with Gasteiger partial charge in [0.05, 0.1) is 25.0 Å². The molecule has 0 N–H and O–H groups in total. The zero-order valence-electron chi connectivity index (χ0n) is 13.1. The molecule has 0 rings (SSSR count). The molecule has 2 atom stereocenters. The highest BCUT2D eigenvalue weighted by atomic mass is 16.5. The number of esters is 2. The van der Waals surface area contributed by atoms with E-state index in [2.05, 4.69) is 0 Å². The van der Waals surface area contributed by atoms with E-state index in [4.69, 9.17) is 9.47 Å². The van der Waals surface area contributed by atoms with Crippen LogP contribution in [0.15, 0.2) is 0 Å². The molecule has 0 amide bonds. The summed E-state index contributed by atoms with van der Waals surface area (Å²) in [5.74, 6) is -1.06. The van der Waals surface area contributed by atoms with Gasteiger partial charge in [0.15, 0.2) is 0 Å². The van der Waals surface area contributed by atoms with Gasteiger partial charge < -0.3 is 9.47 Å². The molecular weight excluding hydrogens is 244 g/mol. The molecule has 2 unspecified atom stereocenters. The van der Waals surface area contributed by atoms with E-state index in [1.165, 1.54) is 0 Å². The lowest BCUT2D eigenvalue weighted by molar-refractivity contribution is -0.163. The predicted molar refractivity (Wildman–Crippen MR) is 74.5 cm³/mol. The van der Waals surface area contributed by atoms with E-state index in [1.807, 2.05) is 27.7 Å². The Hall–Kier alpha value is -1.06. The van der Waals surface area contributed by atoms with Gasteiger partial charge in [0, 0.05) is 0 Å². The summed E-state index contributed by atoms with van der Waals surface area (Å²) in [5.41, 5.74) is 0. The summed E-state index contributed by atoms with van der Waals surface area (Å²) in [4.78, 5) is 24.2. The molecule has 0 aromatic rings. The first-order chi connectivity index (χ1) is 8.84. The van der Waals surface area contributed by atoms with E-state index in [9.17, 15) is 9.59 Å². The van der Waals surface area contributed by atoms with Gasteiger partial charge in [0.2, 0.25) is 0 Å². The minimum atomic E-state index is -0.429. The quantitative estimate of drug-likeness (QED) is 0.637. The fourth-order valence-corrected chi connectivity index (χ4v) is 2.29. The number of ether oxygens (including phenoxy) is 2. The molecule has 0 aliphatic heterocycles. The minimum absolute atomic E-state index is 0.0483. The second kappa shape index (κ2) is 8.94. The maximum absolute atomic E-state index is 12.1. The lowest BCUT2D eigenvalue weighted by Gasteiger charge is -2.28. The Labute approximate surface area is 116 Å². The third kappa shape index (κ3) is 6.08. The Kier molecular flexibility index (Phi) is 8.44. The standard InChI is InChI=1S/C15H28O4/c1-7-18-14(16)12(9-10(3)4)13(11(5)6)15(17)19-8-2/h10-13H,7-9H2,1-6H3. The Morgan fingerprint density at radius 1 is 0.895 bits per heavy atom. The van der Waals surface area contributed by atoms with Gasteiger partial charge in [0.1, 0.15) is 0 Å². The summed E-state index contributed by atoms with van der Waals surface area (Å²) in [6.45, 7) is 12.2. The van der Waals surface area contributed by atoms with E-state index in [0.717, 1.165) is 0 Å². The largest absolute Gasteiger partial charge is 0.466 e. The fraction of sp³-hybridized carbons (Fsp3) is 0.867. The highest BCUT2D eigenvalue weighted by molar-refractivity contribution is 5.82. The van der Waals surface area contributed by atoms with Crippen molar-refractivity contribution in [3.63, 3.8) is 0 Å². The minimum Gasteiger partial charge on any atom is -0.466 e. The molecule has 0 aromatic carbocycles. The average molecular weight is 272 g/mol. The molecule has 0 aliphatic rings. The SMILES string of the molecule is CCOC(=O)C(CC(C)C)C(C(=O)OCC)C(C)C. The van der Waals surface area contributed by atoms with Crippen molar-refractivity contribution in [3.8, 4) is 0 Å². The first-order valence-electron chi connectivity index (χ1n) is 7.18. The van der Waals surface area contributed by atoms with Crippen molar-refractivity contribution < 1.29 is 19.1 Å². The van der Waals surface area contributed by atoms with Crippen molar-refractivity contribution in [3.05, 3.63) is 0 Å². The summed E-state index contributed by atoms with van der Waals surface area (Å²) < 4.78 is 10.2. The molecule has 0 saturated carbocycles. The molecule has 0 saturated heterocycles. The first-order valence-corrected chi connectivity index (χ1v) is 7.18. The smallest absolute Gasteiger partial charge is 0.310 e. The van der Waals surface area contributed by atoms with Gasteiger partial charge >= 0.3 is 11.9 Å². The summed E-state index contributed by atoms with van der Waals surface area (Å²) in [7, 11) is 0. The highest BCUT2D eigenvalue weighted by Gasteiger charge is 2.38. The van der Waals surface area contributed by atoms with Crippen LogP contribution in [0.3, 0.4) is 0 Å². The number of hydrogen-bond acceptors (Lipinski definition) is 4. The molecule has 0 aromatic heterocycles. The second-order valence-corrected chi connectivity index (χ2v) is 5.51. The zero-order chi connectivity index (χ0) is 15.0. The lowest BCUT2D eigenvalue weighted by Crippen LogP contribution is -2.36. The van der Waals surface area contributed by atoms with Crippen molar-refractivity contribution in [2.75, 3.05) is 13.2 Å². The van der Waals surface area contributed by atoms with Crippen LogP contribution in [0, 0.1) is 23.7 Å². The van der Waals surface area contributed by atoms with Gasteiger partial charge in [-0.3, -0.25) is 9.59 Å². The molecular formula is C15H28O4. The van der Waals surface area contributed by atoms with E-state index < -0.39 is 11.8 Å². The van der Waals surface area contributed by atoms with Crippen LogP contribution >= 0.6 is 0 Å². The third-order valence-electron chi connectivity index (χ3n) is 3.03. The van der Waals surface area contributed by atoms with Crippen LogP contribution in [0.4, 0.5) is 0 Å². The van der Waals surface area contributed by atoms with Crippen LogP contribution in [-0.2, 0) is 19.1 Å². The molecule has 0 aliphatic carbocycles. The van der Waals surface area contributed by atoms with Gasteiger partial charge in [-0.1, -0.05) is 27.7 Å². The Morgan fingerprint density at radius 2 is 1.37 bits per heavy atom. The first kappa shape index (κ1) is 17.9.